The zero-order valence-corrected chi connectivity index (χ0v) is 21.4. The van der Waals surface area contributed by atoms with Crippen LogP contribution in [0.5, 0.6) is 0 Å². The van der Waals surface area contributed by atoms with E-state index in [9.17, 15) is 9.59 Å². The fraction of sp³-hybridized carbons (Fsp3) is 0.375. The summed E-state index contributed by atoms with van der Waals surface area (Å²) in [6.45, 7) is 2.48. The lowest BCUT2D eigenvalue weighted by molar-refractivity contribution is -0.141. The molecule has 36 heavy (non-hydrogen) atoms. The zero-order chi connectivity index (χ0) is 25.2. The normalized spacial score (nSPS) is 14.7. The van der Waals surface area contributed by atoms with Crippen molar-refractivity contribution in [3.63, 3.8) is 0 Å². The van der Waals surface area contributed by atoms with Crippen LogP contribution >= 0.6 is 0 Å². The van der Waals surface area contributed by atoms with E-state index in [0.717, 1.165) is 42.4 Å². The lowest BCUT2D eigenvalue weighted by Crippen LogP contribution is -2.52. The summed E-state index contributed by atoms with van der Waals surface area (Å²) in [5.41, 5.74) is 4.41. The Hall–Kier alpha value is -3.40. The summed E-state index contributed by atoms with van der Waals surface area (Å²) in [7, 11) is 0. The van der Waals surface area contributed by atoms with Crippen LogP contribution in [-0.4, -0.2) is 28.8 Å². The van der Waals surface area contributed by atoms with Crippen LogP contribution in [0, 0.1) is 6.92 Å². The summed E-state index contributed by atoms with van der Waals surface area (Å²) >= 11 is 0. The SMILES string of the molecule is Cc1ccc(CN(C(=O)CCc2ccccc2)C(Cc2ccccc2)C(=O)NC2CCCCC2)cc1. The summed E-state index contributed by atoms with van der Waals surface area (Å²) in [5.74, 6) is -0.0231. The zero-order valence-electron chi connectivity index (χ0n) is 21.4. The van der Waals surface area contributed by atoms with Gasteiger partial charge in [0.1, 0.15) is 6.04 Å². The number of benzene rings is 3. The maximum atomic E-state index is 13.8. The molecule has 4 rings (SSSR count). The Bertz CT molecular complexity index is 1090. The molecule has 0 aliphatic heterocycles. The molecule has 1 aliphatic carbocycles. The van der Waals surface area contributed by atoms with Gasteiger partial charge < -0.3 is 10.2 Å². The highest BCUT2D eigenvalue weighted by Crippen LogP contribution is 2.20. The van der Waals surface area contributed by atoms with Gasteiger partial charge in [-0.05, 0) is 42.9 Å². The Balaban J connectivity index is 1.60. The molecule has 3 aromatic rings. The second-order valence-corrected chi connectivity index (χ2v) is 10.0. The van der Waals surface area contributed by atoms with Crippen LogP contribution in [0.2, 0.25) is 0 Å². The van der Waals surface area contributed by atoms with Crippen molar-refractivity contribution in [2.45, 2.75) is 76.9 Å². The van der Waals surface area contributed by atoms with Gasteiger partial charge in [0.25, 0.3) is 0 Å². The molecule has 1 fully saturated rings. The van der Waals surface area contributed by atoms with Gasteiger partial charge in [0, 0.05) is 25.4 Å². The minimum Gasteiger partial charge on any atom is -0.352 e. The molecule has 0 radical (unpaired) electrons. The van der Waals surface area contributed by atoms with Crippen molar-refractivity contribution < 1.29 is 9.59 Å². The number of carbonyl (C=O) groups is 2. The first kappa shape index (κ1) is 25.7. The minimum absolute atomic E-state index is 0.0131. The van der Waals surface area contributed by atoms with Gasteiger partial charge in [-0.1, -0.05) is 110 Å². The first-order valence-electron chi connectivity index (χ1n) is 13.3. The monoisotopic (exact) mass is 482 g/mol. The molecule has 0 bridgehead atoms. The van der Waals surface area contributed by atoms with Crippen LogP contribution in [0.15, 0.2) is 84.9 Å². The van der Waals surface area contributed by atoms with E-state index in [1.807, 2.05) is 53.4 Å². The number of nitrogens with zero attached hydrogens (tertiary/aromatic N) is 1. The highest BCUT2D eigenvalue weighted by atomic mass is 16.2. The number of hydrogen-bond acceptors (Lipinski definition) is 2. The molecule has 0 heterocycles. The Morgan fingerprint density at radius 2 is 1.42 bits per heavy atom. The van der Waals surface area contributed by atoms with Crippen molar-refractivity contribution in [3.8, 4) is 0 Å². The molecule has 1 aliphatic rings. The second kappa shape index (κ2) is 13.1. The van der Waals surface area contributed by atoms with E-state index < -0.39 is 6.04 Å². The average molecular weight is 483 g/mol. The molecule has 0 aromatic heterocycles. The van der Waals surface area contributed by atoms with Crippen molar-refractivity contribution >= 4 is 11.8 Å². The Morgan fingerprint density at radius 3 is 2.06 bits per heavy atom. The van der Waals surface area contributed by atoms with E-state index >= 15 is 0 Å². The number of aryl methyl sites for hydroxylation is 2. The maximum absolute atomic E-state index is 13.8. The van der Waals surface area contributed by atoms with E-state index in [4.69, 9.17) is 0 Å². The van der Waals surface area contributed by atoms with Gasteiger partial charge in [-0.3, -0.25) is 9.59 Å². The number of amides is 2. The van der Waals surface area contributed by atoms with E-state index in [-0.39, 0.29) is 17.9 Å². The van der Waals surface area contributed by atoms with E-state index in [2.05, 4.69) is 48.6 Å². The molecule has 1 unspecified atom stereocenters. The molecule has 2 amide bonds. The summed E-state index contributed by atoms with van der Waals surface area (Å²) in [6, 6.07) is 28.0. The van der Waals surface area contributed by atoms with Crippen molar-refractivity contribution in [2.24, 2.45) is 0 Å². The van der Waals surface area contributed by atoms with Gasteiger partial charge in [-0.15, -0.1) is 0 Å². The van der Waals surface area contributed by atoms with Gasteiger partial charge in [-0.2, -0.15) is 0 Å². The first-order chi connectivity index (χ1) is 17.6. The maximum Gasteiger partial charge on any atom is 0.243 e. The van der Waals surface area contributed by atoms with Crippen LogP contribution < -0.4 is 5.32 Å². The van der Waals surface area contributed by atoms with Gasteiger partial charge in [0.2, 0.25) is 11.8 Å². The minimum atomic E-state index is -0.557. The molecule has 0 spiro atoms. The Morgan fingerprint density at radius 1 is 0.806 bits per heavy atom. The smallest absolute Gasteiger partial charge is 0.243 e. The van der Waals surface area contributed by atoms with Crippen LogP contribution in [0.1, 0.15) is 60.8 Å². The number of carbonyl (C=O) groups excluding carboxylic acids is 2. The summed E-state index contributed by atoms with van der Waals surface area (Å²) in [5, 5.41) is 3.31. The number of hydrogen-bond donors (Lipinski definition) is 1. The van der Waals surface area contributed by atoms with Crippen LogP contribution in [-0.2, 0) is 29.0 Å². The van der Waals surface area contributed by atoms with Crippen molar-refractivity contribution in [1.29, 1.82) is 0 Å². The van der Waals surface area contributed by atoms with Gasteiger partial charge >= 0.3 is 0 Å². The number of nitrogens with one attached hydrogen (secondary N) is 1. The molecule has 4 nitrogen and oxygen atoms in total. The van der Waals surface area contributed by atoms with E-state index in [1.54, 1.807) is 0 Å². The van der Waals surface area contributed by atoms with Crippen molar-refractivity contribution in [1.82, 2.24) is 10.2 Å². The largest absolute Gasteiger partial charge is 0.352 e. The molecular formula is C32H38N2O2. The molecule has 188 valence electrons. The Kier molecular flexibility index (Phi) is 9.32. The quantitative estimate of drug-likeness (QED) is 0.384. The van der Waals surface area contributed by atoms with Crippen molar-refractivity contribution in [2.75, 3.05) is 0 Å². The van der Waals surface area contributed by atoms with E-state index in [0.29, 0.717) is 25.8 Å². The van der Waals surface area contributed by atoms with Gasteiger partial charge in [0.15, 0.2) is 0 Å². The standard InChI is InChI=1S/C32H38N2O2/c1-25-17-19-28(20-18-25)24-34(31(35)22-21-26-11-5-2-6-12-26)30(23-27-13-7-3-8-14-27)32(36)33-29-15-9-4-10-16-29/h2-3,5-8,11-14,17-20,29-30H,4,9-10,15-16,21-24H2,1H3,(H,33,36). The molecule has 1 saturated carbocycles. The third-order valence-corrected chi connectivity index (χ3v) is 7.17. The fourth-order valence-corrected chi connectivity index (χ4v) is 5.03. The second-order valence-electron chi connectivity index (χ2n) is 10.0. The fourth-order valence-electron chi connectivity index (χ4n) is 5.03. The highest BCUT2D eigenvalue weighted by molar-refractivity contribution is 5.88. The topological polar surface area (TPSA) is 49.4 Å². The summed E-state index contributed by atoms with van der Waals surface area (Å²) < 4.78 is 0. The van der Waals surface area contributed by atoms with Gasteiger partial charge in [0.05, 0.1) is 0 Å². The molecule has 4 heteroatoms. The lowest BCUT2D eigenvalue weighted by atomic mass is 9.94. The molecule has 0 saturated heterocycles. The van der Waals surface area contributed by atoms with Crippen LogP contribution in [0.4, 0.5) is 0 Å². The lowest BCUT2D eigenvalue weighted by Gasteiger charge is -2.33. The summed E-state index contributed by atoms with van der Waals surface area (Å²) in [4.78, 5) is 29.4. The molecule has 1 N–H and O–H groups in total. The van der Waals surface area contributed by atoms with Crippen LogP contribution in [0.25, 0.3) is 0 Å². The average Bonchev–Trinajstić information content (AvgIpc) is 2.92. The highest BCUT2D eigenvalue weighted by Gasteiger charge is 2.31. The van der Waals surface area contributed by atoms with Crippen molar-refractivity contribution in [3.05, 3.63) is 107 Å². The predicted octanol–water partition coefficient (Wildman–Crippen LogP) is 6.02. The van der Waals surface area contributed by atoms with E-state index in [1.165, 1.54) is 12.0 Å². The van der Waals surface area contributed by atoms with Gasteiger partial charge in [-0.25, -0.2) is 0 Å². The van der Waals surface area contributed by atoms with Crippen LogP contribution in [0.3, 0.4) is 0 Å². The summed E-state index contributed by atoms with van der Waals surface area (Å²) in [6.07, 6.45) is 7.10. The Labute approximate surface area is 215 Å². The first-order valence-corrected chi connectivity index (χ1v) is 13.3. The molecular weight excluding hydrogens is 444 g/mol. The predicted molar refractivity (Wildman–Crippen MR) is 145 cm³/mol. The molecule has 3 aromatic carbocycles. The molecule has 1 atom stereocenters. The third kappa shape index (κ3) is 7.55. The third-order valence-electron chi connectivity index (χ3n) is 7.17. The number of rotatable bonds is 10.